The van der Waals surface area contributed by atoms with Crippen LogP contribution in [0.3, 0.4) is 0 Å². The standard InChI is InChI=1S/C13H14ClNO2S/c14-12-8-5-6-9(7-8)13(12)18-11-4-2-1-3-10(11)15(16)17/h1-4,8-9,12-13H,5-7H2/t8-,9+,12-,13-/m0/s1. The molecule has 0 unspecified atom stereocenters. The van der Waals surface area contributed by atoms with E-state index in [0.29, 0.717) is 17.1 Å². The summed E-state index contributed by atoms with van der Waals surface area (Å²) in [5.41, 5.74) is 0.203. The Morgan fingerprint density at radius 2 is 2.00 bits per heavy atom. The lowest BCUT2D eigenvalue weighted by Crippen LogP contribution is -2.25. The van der Waals surface area contributed by atoms with Gasteiger partial charge in [-0.2, -0.15) is 0 Å². The highest BCUT2D eigenvalue weighted by molar-refractivity contribution is 8.00. The number of nitro groups is 1. The Kier molecular flexibility index (Phi) is 3.24. The number of nitrogens with zero attached hydrogens (tertiary/aromatic N) is 1. The third kappa shape index (κ3) is 2.01. The summed E-state index contributed by atoms with van der Waals surface area (Å²) in [4.78, 5) is 11.4. The van der Waals surface area contributed by atoms with E-state index in [9.17, 15) is 10.1 Å². The first-order valence-electron chi connectivity index (χ1n) is 6.21. The van der Waals surface area contributed by atoms with E-state index >= 15 is 0 Å². The lowest BCUT2D eigenvalue weighted by molar-refractivity contribution is -0.387. The molecule has 96 valence electrons. The van der Waals surface area contributed by atoms with E-state index in [2.05, 4.69) is 0 Å². The lowest BCUT2D eigenvalue weighted by atomic mass is 10.00. The Balaban J connectivity index is 1.83. The molecule has 4 atom stereocenters. The molecular weight excluding hydrogens is 270 g/mol. The molecule has 1 aromatic carbocycles. The van der Waals surface area contributed by atoms with Gasteiger partial charge < -0.3 is 0 Å². The van der Waals surface area contributed by atoms with Gasteiger partial charge in [0.2, 0.25) is 0 Å². The average molecular weight is 284 g/mol. The van der Waals surface area contributed by atoms with Gasteiger partial charge in [0.25, 0.3) is 5.69 Å². The molecule has 3 rings (SSSR count). The second-order valence-electron chi connectivity index (χ2n) is 5.08. The fourth-order valence-corrected chi connectivity index (χ4v) is 5.28. The van der Waals surface area contributed by atoms with Crippen LogP contribution in [-0.4, -0.2) is 15.6 Å². The van der Waals surface area contributed by atoms with Gasteiger partial charge in [-0.05, 0) is 37.2 Å². The molecule has 5 heteroatoms. The Morgan fingerprint density at radius 3 is 2.67 bits per heavy atom. The molecule has 0 saturated heterocycles. The molecule has 2 saturated carbocycles. The summed E-state index contributed by atoms with van der Waals surface area (Å²) in [5.74, 6) is 1.26. The van der Waals surface area contributed by atoms with E-state index in [0.717, 1.165) is 4.90 Å². The van der Waals surface area contributed by atoms with E-state index < -0.39 is 0 Å². The first-order valence-corrected chi connectivity index (χ1v) is 7.52. The number of halogens is 1. The van der Waals surface area contributed by atoms with Gasteiger partial charge in [-0.15, -0.1) is 23.4 Å². The molecule has 2 bridgehead atoms. The third-order valence-corrected chi connectivity index (χ3v) is 6.39. The van der Waals surface area contributed by atoms with Crippen LogP contribution in [-0.2, 0) is 0 Å². The summed E-state index contributed by atoms with van der Waals surface area (Å²) in [7, 11) is 0. The highest BCUT2D eigenvalue weighted by atomic mass is 35.5. The van der Waals surface area contributed by atoms with E-state index in [-0.39, 0.29) is 16.0 Å². The average Bonchev–Trinajstić information content (AvgIpc) is 2.93. The number of rotatable bonds is 3. The van der Waals surface area contributed by atoms with E-state index in [1.165, 1.54) is 19.3 Å². The van der Waals surface area contributed by atoms with Gasteiger partial charge in [0.05, 0.1) is 9.82 Å². The first-order chi connectivity index (χ1) is 8.66. The van der Waals surface area contributed by atoms with Crippen molar-refractivity contribution in [3.8, 4) is 0 Å². The zero-order chi connectivity index (χ0) is 12.7. The normalized spacial score (nSPS) is 33.8. The molecule has 0 aromatic heterocycles. The van der Waals surface area contributed by atoms with Crippen LogP contribution >= 0.6 is 23.4 Å². The largest absolute Gasteiger partial charge is 0.282 e. The summed E-state index contributed by atoms with van der Waals surface area (Å²) in [5, 5.41) is 11.5. The minimum absolute atomic E-state index is 0.175. The monoisotopic (exact) mass is 283 g/mol. The molecule has 2 aliphatic carbocycles. The quantitative estimate of drug-likeness (QED) is 0.477. The number of alkyl halides is 1. The summed E-state index contributed by atoms with van der Waals surface area (Å²) < 4.78 is 0. The molecule has 0 spiro atoms. The molecule has 0 N–H and O–H groups in total. The van der Waals surface area contributed by atoms with E-state index in [1.807, 2.05) is 12.1 Å². The predicted octanol–water partition coefficient (Wildman–Crippen LogP) is 4.09. The SMILES string of the molecule is O=[N+]([O-])c1ccccc1S[C@H]1[C@@H]2CC[C@@H](C2)[C@@H]1Cl. The van der Waals surface area contributed by atoms with Crippen LogP contribution in [0.1, 0.15) is 19.3 Å². The second kappa shape index (κ2) is 4.74. The molecule has 0 radical (unpaired) electrons. The highest BCUT2D eigenvalue weighted by Crippen LogP contribution is 2.54. The molecule has 18 heavy (non-hydrogen) atoms. The molecule has 3 nitrogen and oxygen atoms in total. The molecule has 0 heterocycles. The van der Waals surface area contributed by atoms with Crippen LogP contribution in [0.4, 0.5) is 5.69 Å². The number of nitro benzene ring substituents is 1. The minimum atomic E-state index is -0.307. The summed E-state index contributed by atoms with van der Waals surface area (Å²) >= 11 is 8.07. The topological polar surface area (TPSA) is 43.1 Å². The van der Waals surface area contributed by atoms with Crippen molar-refractivity contribution >= 4 is 29.1 Å². The van der Waals surface area contributed by atoms with Crippen LogP contribution in [0.5, 0.6) is 0 Å². The fraction of sp³-hybridized carbons (Fsp3) is 0.538. The van der Waals surface area contributed by atoms with Crippen molar-refractivity contribution in [2.24, 2.45) is 11.8 Å². The van der Waals surface area contributed by atoms with Crippen molar-refractivity contribution in [1.29, 1.82) is 0 Å². The number of para-hydroxylation sites is 1. The Morgan fingerprint density at radius 1 is 1.28 bits per heavy atom. The lowest BCUT2D eigenvalue weighted by Gasteiger charge is -2.25. The fourth-order valence-electron chi connectivity index (χ4n) is 3.18. The van der Waals surface area contributed by atoms with Crippen molar-refractivity contribution in [3.05, 3.63) is 34.4 Å². The molecular formula is C13H14ClNO2S. The minimum Gasteiger partial charge on any atom is -0.258 e. The number of hydrogen-bond donors (Lipinski definition) is 0. The van der Waals surface area contributed by atoms with Crippen molar-refractivity contribution in [1.82, 2.24) is 0 Å². The number of hydrogen-bond acceptors (Lipinski definition) is 3. The van der Waals surface area contributed by atoms with Gasteiger partial charge in [0, 0.05) is 16.7 Å². The highest BCUT2D eigenvalue weighted by Gasteiger charge is 2.47. The maximum absolute atomic E-state index is 11.0. The van der Waals surface area contributed by atoms with E-state index in [1.54, 1.807) is 23.9 Å². The molecule has 2 aliphatic rings. The second-order valence-corrected chi connectivity index (χ2v) is 6.81. The number of fused-ring (bicyclic) bond motifs is 2. The van der Waals surface area contributed by atoms with Crippen molar-refractivity contribution < 1.29 is 4.92 Å². The maximum Gasteiger partial charge on any atom is 0.282 e. The summed E-state index contributed by atoms with van der Waals surface area (Å²) in [6, 6.07) is 6.96. The van der Waals surface area contributed by atoms with Crippen LogP contribution in [0.25, 0.3) is 0 Å². The smallest absolute Gasteiger partial charge is 0.258 e. The maximum atomic E-state index is 11.0. The zero-order valence-electron chi connectivity index (χ0n) is 9.79. The van der Waals surface area contributed by atoms with Gasteiger partial charge >= 0.3 is 0 Å². The summed E-state index contributed by atoms with van der Waals surface area (Å²) in [6.45, 7) is 0. The van der Waals surface area contributed by atoms with Gasteiger partial charge in [0.15, 0.2) is 0 Å². The van der Waals surface area contributed by atoms with Gasteiger partial charge in [-0.25, -0.2) is 0 Å². The van der Waals surface area contributed by atoms with E-state index in [4.69, 9.17) is 11.6 Å². The van der Waals surface area contributed by atoms with Crippen LogP contribution in [0, 0.1) is 22.0 Å². The Bertz CT molecular complexity index is 480. The van der Waals surface area contributed by atoms with Crippen LogP contribution < -0.4 is 0 Å². The Hall–Kier alpha value is -0.740. The van der Waals surface area contributed by atoms with Crippen molar-refractivity contribution in [3.63, 3.8) is 0 Å². The third-order valence-electron chi connectivity index (χ3n) is 4.07. The van der Waals surface area contributed by atoms with Crippen molar-refractivity contribution in [2.75, 3.05) is 0 Å². The summed E-state index contributed by atoms with van der Waals surface area (Å²) in [6.07, 6.45) is 3.66. The van der Waals surface area contributed by atoms with Gasteiger partial charge in [0.1, 0.15) is 0 Å². The van der Waals surface area contributed by atoms with Crippen LogP contribution in [0.2, 0.25) is 0 Å². The van der Waals surface area contributed by atoms with Gasteiger partial charge in [-0.3, -0.25) is 10.1 Å². The molecule has 1 aromatic rings. The first kappa shape index (κ1) is 12.3. The zero-order valence-corrected chi connectivity index (χ0v) is 11.4. The predicted molar refractivity (Wildman–Crippen MR) is 73.2 cm³/mol. The Labute approximate surface area is 115 Å². The molecule has 0 aliphatic heterocycles. The molecule has 2 fully saturated rings. The number of benzene rings is 1. The number of thioether (sulfide) groups is 1. The molecule has 0 amide bonds. The van der Waals surface area contributed by atoms with Crippen LogP contribution in [0.15, 0.2) is 29.2 Å². The van der Waals surface area contributed by atoms with Crippen molar-refractivity contribution in [2.45, 2.75) is 34.8 Å². The van der Waals surface area contributed by atoms with Gasteiger partial charge in [-0.1, -0.05) is 12.1 Å².